The van der Waals surface area contributed by atoms with E-state index in [1.54, 1.807) is 20.8 Å². The summed E-state index contributed by atoms with van der Waals surface area (Å²) in [7, 11) is -3.84. The van der Waals surface area contributed by atoms with Gasteiger partial charge in [0.1, 0.15) is 5.60 Å². The van der Waals surface area contributed by atoms with Gasteiger partial charge in [0, 0.05) is 24.7 Å². The Labute approximate surface area is 174 Å². The molecule has 0 radical (unpaired) electrons. The van der Waals surface area contributed by atoms with Gasteiger partial charge in [-0.1, -0.05) is 0 Å². The van der Waals surface area contributed by atoms with Crippen molar-refractivity contribution in [3.63, 3.8) is 0 Å². The van der Waals surface area contributed by atoms with Crippen LogP contribution in [0, 0.1) is 10.1 Å². The second-order valence-electron chi connectivity index (χ2n) is 8.24. The standard InChI is InChI=1S/C19H24N4O6S/c1-19(2,3)29-18(24)22-9-5-4-6-14(22)12-30(27,28)17-11-20-16-10-13(23(25)26)7-8-15(16)21-17/h7-8,10-11,14H,4-6,9,12H2,1-3H3/t14-/m1/s1. The van der Waals surface area contributed by atoms with Crippen LogP contribution in [-0.4, -0.2) is 58.2 Å². The van der Waals surface area contributed by atoms with Crippen LogP contribution in [0.15, 0.2) is 29.4 Å². The van der Waals surface area contributed by atoms with E-state index in [-0.39, 0.29) is 27.5 Å². The molecule has 10 nitrogen and oxygen atoms in total. The van der Waals surface area contributed by atoms with E-state index in [9.17, 15) is 23.3 Å². The number of carbonyl (C=O) groups is 1. The molecule has 1 saturated heterocycles. The number of hydrogen-bond donors (Lipinski definition) is 0. The third-order valence-electron chi connectivity index (χ3n) is 4.70. The first-order chi connectivity index (χ1) is 14.0. The van der Waals surface area contributed by atoms with Gasteiger partial charge in [-0.05, 0) is 46.1 Å². The van der Waals surface area contributed by atoms with Gasteiger partial charge in [0.2, 0.25) is 0 Å². The van der Waals surface area contributed by atoms with Crippen LogP contribution in [0.3, 0.4) is 0 Å². The average molecular weight is 436 g/mol. The summed E-state index contributed by atoms with van der Waals surface area (Å²) in [4.78, 5) is 32.5. The van der Waals surface area contributed by atoms with Gasteiger partial charge in [0.15, 0.2) is 14.9 Å². The Balaban J connectivity index is 1.84. The van der Waals surface area contributed by atoms with E-state index in [0.29, 0.717) is 13.0 Å². The molecule has 0 bridgehead atoms. The van der Waals surface area contributed by atoms with E-state index >= 15 is 0 Å². The van der Waals surface area contributed by atoms with Crippen LogP contribution >= 0.6 is 0 Å². The quantitative estimate of drug-likeness (QED) is 0.527. The molecule has 1 aliphatic heterocycles. The highest BCUT2D eigenvalue weighted by Gasteiger charge is 2.34. The van der Waals surface area contributed by atoms with Crippen molar-refractivity contribution in [1.82, 2.24) is 14.9 Å². The number of piperidine rings is 1. The van der Waals surface area contributed by atoms with E-state index in [1.807, 2.05) is 0 Å². The fourth-order valence-electron chi connectivity index (χ4n) is 3.32. The highest BCUT2D eigenvalue weighted by Crippen LogP contribution is 2.24. The lowest BCUT2D eigenvalue weighted by atomic mass is 10.0. The van der Waals surface area contributed by atoms with Gasteiger partial charge in [0.25, 0.3) is 5.69 Å². The zero-order valence-electron chi connectivity index (χ0n) is 17.1. The van der Waals surface area contributed by atoms with Gasteiger partial charge in [-0.2, -0.15) is 0 Å². The van der Waals surface area contributed by atoms with Crippen molar-refractivity contribution in [2.24, 2.45) is 0 Å². The van der Waals surface area contributed by atoms with Crippen LogP contribution in [-0.2, 0) is 14.6 Å². The number of nitro groups is 1. The maximum atomic E-state index is 13.0. The van der Waals surface area contributed by atoms with Crippen molar-refractivity contribution in [2.45, 2.75) is 56.7 Å². The summed E-state index contributed by atoms with van der Waals surface area (Å²) >= 11 is 0. The lowest BCUT2D eigenvalue weighted by Crippen LogP contribution is -2.49. The fourth-order valence-corrected chi connectivity index (χ4v) is 4.79. The predicted molar refractivity (Wildman–Crippen MR) is 109 cm³/mol. The van der Waals surface area contributed by atoms with Crippen LogP contribution in [0.2, 0.25) is 0 Å². The number of benzene rings is 1. The Hall–Kier alpha value is -2.82. The van der Waals surface area contributed by atoms with Crippen molar-refractivity contribution in [3.8, 4) is 0 Å². The third kappa shape index (κ3) is 5.02. The number of hydrogen-bond acceptors (Lipinski definition) is 8. The molecule has 0 unspecified atom stereocenters. The first kappa shape index (κ1) is 21.9. The third-order valence-corrected chi connectivity index (χ3v) is 6.36. The molecular weight excluding hydrogens is 412 g/mol. The molecule has 1 aromatic carbocycles. The van der Waals surface area contributed by atoms with Gasteiger partial charge >= 0.3 is 6.09 Å². The Kier molecular flexibility index (Phi) is 5.93. The van der Waals surface area contributed by atoms with Gasteiger partial charge in [-0.15, -0.1) is 0 Å². The molecule has 0 spiro atoms. The number of likely N-dealkylation sites (tertiary alicyclic amines) is 1. The van der Waals surface area contributed by atoms with Crippen LogP contribution < -0.4 is 0 Å². The lowest BCUT2D eigenvalue weighted by molar-refractivity contribution is -0.384. The maximum absolute atomic E-state index is 13.0. The predicted octanol–water partition coefficient (Wildman–Crippen LogP) is 3.10. The monoisotopic (exact) mass is 436 g/mol. The summed E-state index contributed by atoms with van der Waals surface area (Å²) in [6, 6.07) is 3.34. The second-order valence-corrected chi connectivity index (χ2v) is 10.2. The first-order valence-corrected chi connectivity index (χ1v) is 11.2. The van der Waals surface area contributed by atoms with Crippen LogP contribution in [0.1, 0.15) is 40.0 Å². The SMILES string of the molecule is CC(C)(C)OC(=O)N1CCCC[C@@H]1CS(=O)(=O)c1cnc2cc([N+](=O)[O-])ccc2n1. The summed E-state index contributed by atoms with van der Waals surface area (Å²) in [5, 5.41) is 10.7. The van der Waals surface area contributed by atoms with E-state index in [0.717, 1.165) is 19.0 Å². The Morgan fingerprint density at radius 3 is 2.70 bits per heavy atom. The van der Waals surface area contributed by atoms with Gasteiger partial charge in [-0.3, -0.25) is 15.1 Å². The number of nitrogens with zero attached hydrogens (tertiary/aromatic N) is 4. The highest BCUT2D eigenvalue weighted by molar-refractivity contribution is 7.91. The number of ether oxygens (including phenoxy) is 1. The maximum Gasteiger partial charge on any atom is 0.410 e. The molecule has 2 aromatic rings. The largest absolute Gasteiger partial charge is 0.444 e. The number of aromatic nitrogens is 2. The number of fused-ring (bicyclic) bond motifs is 1. The molecule has 3 rings (SSSR count). The van der Waals surface area contributed by atoms with Crippen molar-refractivity contribution in [1.29, 1.82) is 0 Å². The zero-order chi connectivity index (χ0) is 22.1. The van der Waals surface area contributed by atoms with E-state index in [2.05, 4.69) is 9.97 Å². The number of nitro benzene ring substituents is 1. The second kappa shape index (κ2) is 8.13. The van der Waals surface area contributed by atoms with Gasteiger partial charge in [0.05, 0.1) is 27.9 Å². The van der Waals surface area contributed by atoms with Crippen molar-refractivity contribution in [3.05, 3.63) is 34.5 Å². The summed E-state index contributed by atoms with van der Waals surface area (Å²) in [5.41, 5.74) is -0.349. The molecule has 162 valence electrons. The molecule has 30 heavy (non-hydrogen) atoms. The number of amides is 1. The van der Waals surface area contributed by atoms with Crippen LogP contribution in [0.5, 0.6) is 0 Å². The van der Waals surface area contributed by atoms with Crippen molar-refractivity contribution >= 4 is 32.7 Å². The number of non-ortho nitro benzene ring substituents is 1. The van der Waals surface area contributed by atoms with Crippen LogP contribution in [0.25, 0.3) is 11.0 Å². The van der Waals surface area contributed by atoms with Crippen molar-refractivity contribution in [2.75, 3.05) is 12.3 Å². The van der Waals surface area contributed by atoms with Gasteiger partial charge < -0.3 is 9.64 Å². The summed E-state index contributed by atoms with van der Waals surface area (Å²) in [5.74, 6) is -0.292. The molecule has 11 heteroatoms. The molecule has 1 atom stereocenters. The minimum Gasteiger partial charge on any atom is -0.444 e. The topological polar surface area (TPSA) is 133 Å². The average Bonchev–Trinajstić information content (AvgIpc) is 2.65. The number of rotatable bonds is 4. The molecular formula is C19H24N4O6S. The smallest absolute Gasteiger partial charge is 0.410 e. The molecule has 0 saturated carbocycles. The van der Waals surface area contributed by atoms with Crippen LogP contribution in [0.4, 0.5) is 10.5 Å². The summed E-state index contributed by atoms with van der Waals surface area (Å²) in [6.45, 7) is 5.71. The Morgan fingerprint density at radius 1 is 1.30 bits per heavy atom. The Bertz CT molecular complexity index is 1080. The molecule has 1 fully saturated rings. The van der Waals surface area contributed by atoms with Gasteiger partial charge in [-0.25, -0.2) is 18.2 Å². The minimum atomic E-state index is -3.84. The van der Waals surface area contributed by atoms with E-state index in [4.69, 9.17) is 4.74 Å². The minimum absolute atomic E-state index is 0.150. The molecule has 0 aliphatic carbocycles. The summed E-state index contributed by atoms with van der Waals surface area (Å²) < 4.78 is 31.4. The molecule has 2 heterocycles. The molecule has 1 amide bonds. The molecule has 1 aliphatic rings. The lowest BCUT2D eigenvalue weighted by Gasteiger charge is -2.36. The molecule has 0 N–H and O–H groups in total. The summed E-state index contributed by atoms with van der Waals surface area (Å²) in [6.07, 6.45) is 2.71. The normalized spacial score (nSPS) is 17.7. The zero-order valence-corrected chi connectivity index (χ0v) is 17.9. The van der Waals surface area contributed by atoms with E-state index < -0.39 is 32.5 Å². The molecule has 1 aromatic heterocycles. The van der Waals surface area contributed by atoms with E-state index in [1.165, 1.54) is 23.1 Å². The Morgan fingerprint density at radius 2 is 2.03 bits per heavy atom. The first-order valence-electron chi connectivity index (χ1n) is 9.60. The number of carbonyl (C=O) groups excluding carboxylic acids is 1. The fraction of sp³-hybridized carbons (Fsp3) is 0.526. The number of sulfone groups is 1. The highest BCUT2D eigenvalue weighted by atomic mass is 32.2. The van der Waals surface area contributed by atoms with Crippen molar-refractivity contribution < 1.29 is 22.9 Å².